The maximum atomic E-state index is 12.3. The molecule has 2 N–H and O–H groups in total. The van der Waals surface area contributed by atoms with Gasteiger partial charge in [0.25, 0.3) is 5.56 Å². The Hall–Kier alpha value is -1.30. The first-order valence-electron chi connectivity index (χ1n) is 3.84. The normalized spacial score (nSPS) is 11.8. The number of rotatable bonds is 1. The van der Waals surface area contributed by atoms with Crippen molar-refractivity contribution in [3.8, 4) is 0 Å². The van der Waals surface area contributed by atoms with Crippen LogP contribution >= 0.6 is 0 Å². The lowest BCUT2D eigenvalue weighted by molar-refractivity contribution is -0.143. The summed E-state index contributed by atoms with van der Waals surface area (Å²) in [6.07, 6.45) is -4.51. The molecular weight excluding hydrogens is 197 g/mol. The van der Waals surface area contributed by atoms with Crippen LogP contribution in [-0.2, 0) is 19.8 Å². The highest BCUT2D eigenvalue weighted by Crippen LogP contribution is 2.27. The molecule has 3 nitrogen and oxygen atoms in total. The number of alkyl halides is 3. The van der Waals surface area contributed by atoms with Crippen LogP contribution in [0, 0.1) is 0 Å². The van der Waals surface area contributed by atoms with Gasteiger partial charge >= 0.3 is 6.18 Å². The van der Waals surface area contributed by atoms with Gasteiger partial charge in [-0.3, -0.25) is 4.79 Å². The van der Waals surface area contributed by atoms with E-state index in [1.807, 2.05) is 0 Å². The van der Waals surface area contributed by atoms with Crippen molar-refractivity contribution in [3.05, 3.63) is 33.7 Å². The molecule has 0 atom stereocenters. The summed E-state index contributed by atoms with van der Waals surface area (Å²) in [5.41, 5.74) is 3.67. The van der Waals surface area contributed by atoms with E-state index in [4.69, 9.17) is 5.73 Å². The molecule has 0 fully saturated rings. The van der Waals surface area contributed by atoms with Gasteiger partial charge in [0, 0.05) is 19.2 Å². The molecule has 1 aromatic rings. The number of nitrogens with two attached hydrogens (primary N) is 1. The van der Waals surface area contributed by atoms with E-state index in [1.54, 1.807) is 0 Å². The first-order valence-corrected chi connectivity index (χ1v) is 3.84. The maximum Gasteiger partial charge on any atom is 0.431 e. The molecule has 0 aliphatic heterocycles. The molecule has 0 aromatic carbocycles. The van der Waals surface area contributed by atoms with Gasteiger partial charge in [0.1, 0.15) is 5.69 Å². The van der Waals surface area contributed by atoms with E-state index in [0.717, 1.165) is 19.2 Å². The Morgan fingerprint density at radius 1 is 1.43 bits per heavy atom. The second kappa shape index (κ2) is 3.45. The van der Waals surface area contributed by atoms with Crippen molar-refractivity contribution in [2.75, 3.05) is 0 Å². The third-order valence-corrected chi connectivity index (χ3v) is 1.89. The van der Waals surface area contributed by atoms with Crippen molar-refractivity contribution < 1.29 is 13.2 Å². The van der Waals surface area contributed by atoms with Crippen molar-refractivity contribution in [3.63, 3.8) is 0 Å². The fourth-order valence-electron chi connectivity index (χ4n) is 1.13. The number of halogens is 3. The number of hydrogen-bond donors (Lipinski definition) is 1. The molecular formula is C8H9F3N2O. The van der Waals surface area contributed by atoms with Crippen LogP contribution in [0.2, 0.25) is 0 Å². The number of aromatic nitrogens is 1. The third-order valence-electron chi connectivity index (χ3n) is 1.89. The van der Waals surface area contributed by atoms with Gasteiger partial charge in [-0.2, -0.15) is 13.2 Å². The van der Waals surface area contributed by atoms with Crippen molar-refractivity contribution >= 4 is 0 Å². The topological polar surface area (TPSA) is 48.0 Å². The molecule has 0 aliphatic rings. The van der Waals surface area contributed by atoms with Crippen LogP contribution in [0.25, 0.3) is 0 Å². The number of hydrogen-bond acceptors (Lipinski definition) is 2. The first kappa shape index (κ1) is 10.8. The molecule has 0 unspecified atom stereocenters. The standard InChI is InChI=1S/C8H9F3N2O/c1-13-6(8(9,10)11)3-2-5(4-12)7(13)14/h2-3H,4,12H2,1H3. The Balaban J connectivity index is 3.40. The minimum atomic E-state index is -4.51. The van der Waals surface area contributed by atoms with Crippen molar-refractivity contribution in [2.24, 2.45) is 12.8 Å². The molecule has 0 saturated heterocycles. The average Bonchev–Trinajstić information content (AvgIpc) is 2.07. The van der Waals surface area contributed by atoms with Crippen LogP contribution < -0.4 is 11.3 Å². The third kappa shape index (κ3) is 1.79. The predicted molar refractivity (Wildman–Crippen MR) is 44.6 cm³/mol. The second-order valence-electron chi connectivity index (χ2n) is 2.81. The largest absolute Gasteiger partial charge is 0.431 e. The summed E-state index contributed by atoms with van der Waals surface area (Å²) in [6.45, 7) is -0.0647. The molecule has 14 heavy (non-hydrogen) atoms. The van der Waals surface area contributed by atoms with Gasteiger partial charge in [0.2, 0.25) is 0 Å². The monoisotopic (exact) mass is 206 g/mol. The molecule has 6 heteroatoms. The summed E-state index contributed by atoms with van der Waals surface area (Å²) in [6, 6.07) is 1.95. The summed E-state index contributed by atoms with van der Waals surface area (Å²) in [5, 5.41) is 0. The van der Waals surface area contributed by atoms with Crippen LogP contribution in [0.5, 0.6) is 0 Å². The van der Waals surface area contributed by atoms with E-state index in [1.165, 1.54) is 0 Å². The zero-order valence-electron chi connectivity index (χ0n) is 7.43. The zero-order chi connectivity index (χ0) is 10.9. The first-order chi connectivity index (χ1) is 6.38. The van der Waals surface area contributed by atoms with Crippen molar-refractivity contribution in [1.82, 2.24) is 4.57 Å². The average molecular weight is 206 g/mol. The Morgan fingerprint density at radius 2 is 2.00 bits per heavy atom. The van der Waals surface area contributed by atoms with Crippen LogP contribution in [0.15, 0.2) is 16.9 Å². The SMILES string of the molecule is Cn1c(C(F)(F)F)ccc(CN)c1=O. The molecule has 78 valence electrons. The van der Waals surface area contributed by atoms with Gasteiger partial charge in [-0.1, -0.05) is 6.07 Å². The molecule has 0 radical (unpaired) electrons. The van der Waals surface area contributed by atoms with E-state index in [2.05, 4.69) is 0 Å². The summed E-state index contributed by atoms with van der Waals surface area (Å²) in [4.78, 5) is 11.3. The smallest absolute Gasteiger partial charge is 0.326 e. The maximum absolute atomic E-state index is 12.3. The highest BCUT2D eigenvalue weighted by atomic mass is 19.4. The molecule has 0 saturated carbocycles. The molecule has 0 amide bonds. The highest BCUT2D eigenvalue weighted by molar-refractivity contribution is 5.17. The Kier molecular flexibility index (Phi) is 2.66. The second-order valence-corrected chi connectivity index (χ2v) is 2.81. The van der Waals surface area contributed by atoms with Crippen LogP contribution in [-0.4, -0.2) is 4.57 Å². The minimum absolute atomic E-state index is 0.0647. The van der Waals surface area contributed by atoms with Crippen LogP contribution in [0.4, 0.5) is 13.2 Å². The molecule has 0 aliphatic carbocycles. The fourth-order valence-corrected chi connectivity index (χ4v) is 1.13. The van der Waals surface area contributed by atoms with E-state index in [-0.39, 0.29) is 12.1 Å². The molecule has 1 heterocycles. The summed E-state index contributed by atoms with van der Waals surface area (Å²) in [7, 11) is 1.07. The Bertz CT molecular complexity index is 395. The molecule has 0 spiro atoms. The van der Waals surface area contributed by atoms with E-state index >= 15 is 0 Å². The minimum Gasteiger partial charge on any atom is -0.326 e. The van der Waals surface area contributed by atoms with E-state index in [0.29, 0.717) is 4.57 Å². The highest BCUT2D eigenvalue weighted by Gasteiger charge is 2.33. The Morgan fingerprint density at radius 3 is 2.43 bits per heavy atom. The summed E-state index contributed by atoms with van der Waals surface area (Å²) in [5.74, 6) is 0. The lowest BCUT2D eigenvalue weighted by Gasteiger charge is -2.12. The van der Waals surface area contributed by atoms with E-state index in [9.17, 15) is 18.0 Å². The fraction of sp³-hybridized carbons (Fsp3) is 0.375. The summed E-state index contributed by atoms with van der Waals surface area (Å²) < 4.78 is 37.4. The molecule has 1 aromatic heterocycles. The predicted octanol–water partition coefficient (Wildman–Crippen LogP) is 0.863. The van der Waals surface area contributed by atoms with Gasteiger partial charge in [0.05, 0.1) is 0 Å². The van der Waals surface area contributed by atoms with Crippen LogP contribution in [0.1, 0.15) is 11.3 Å². The lowest BCUT2D eigenvalue weighted by Crippen LogP contribution is -2.28. The van der Waals surface area contributed by atoms with Gasteiger partial charge in [-0.15, -0.1) is 0 Å². The quantitative estimate of drug-likeness (QED) is 0.740. The molecule has 1 rings (SSSR count). The van der Waals surface area contributed by atoms with Crippen LogP contribution in [0.3, 0.4) is 0 Å². The molecule has 0 bridgehead atoms. The Labute approximate surface area is 78.0 Å². The zero-order valence-corrected chi connectivity index (χ0v) is 7.43. The summed E-state index contributed by atoms with van der Waals surface area (Å²) >= 11 is 0. The number of nitrogens with zero attached hydrogens (tertiary/aromatic N) is 1. The van der Waals surface area contributed by atoms with Crippen molar-refractivity contribution in [2.45, 2.75) is 12.7 Å². The van der Waals surface area contributed by atoms with Crippen molar-refractivity contribution in [1.29, 1.82) is 0 Å². The van der Waals surface area contributed by atoms with E-state index < -0.39 is 17.4 Å². The number of pyridine rings is 1. The van der Waals surface area contributed by atoms with Gasteiger partial charge in [-0.05, 0) is 6.07 Å². The van der Waals surface area contributed by atoms with Gasteiger partial charge in [-0.25, -0.2) is 0 Å². The van der Waals surface area contributed by atoms with Gasteiger partial charge in [0.15, 0.2) is 0 Å². The lowest BCUT2D eigenvalue weighted by atomic mass is 10.2. The van der Waals surface area contributed by atoms with Gasteiger partial charge < -0.3 is 10.3 Å².